The summed E-state index contributed by atoms with van der Waals surface area (Å²) in [6.45, 7) is 4.35. The molecule has 1 aliphatic rings. The molecule has 1 aliphatic heterocycles. The first-order chi connectivity index (χ1) is 9.32. The molecule has 1 aromatic rings. The summed E-state index contributed by atoms with van der Waals surface area (Å²) in [4.78, 5) is 11.2. The number of sulfonamides is 1. The van der Waals surface area contributed by atoms with Crippen LogP contribution in [0.15, 0.2) is 23.1 Å². The lowest BCUT2D eigenvalue weighted by atomic mass is 9.99. The number of aryl methyl sites for hydroxylation is 2. The highest BCUT2D eigenvalue weighted by Crippen LogP contribution is 2.25. The molecule has 110 valence electrons. The Balaban J connectivity index is 2.19. The van der Waals surface area contributed by atoms with Gasteiger partial charge in [0.2, 0.25) is 10.0 Å². The molecule has 20 heavy (non-hydrogen) atoms. The van der Waals surface area contributed by atoms with Gasteiger partial charge < -0.3 is 5.11 Å². The van der Waals surface area contributed by atoms with Crippen LogP contribution in [0.1, 0.15) is 24.0 Å². The second kappa shape index (κ2) is 5.54. The molecule has 0 aliphatic carbocycles. The summed E-state index contributed by atoms with van der Waals surface area (Å²) in [7, 11) is -3.51. The van der Waals surface area contributed by atoms with Gasteiger partial charge in [-0.1, -0.05) is 6.07 Å². The van der Waals surface area contributed by atoms with Gasteiger partial charge in [0, 0.05) is 13.1 Å². The van der Waals surface area contributed by atoms with Crippen LogP contribution in [0.25, 0.3) is 0 Å². The lowest BCUT2D eigenvalue weighted by Gasteiger charge is -2.29. The molecule has 1 aromatic carbocycles. The molecule has 1 heterocycles. The van der Waals surface area contributed by atoms with E-state index in [0.29, 0.717) is 12.8 Å². The Morgan fingerprint density at radius 3 is 2.30 bits per heavy atom. The van der Waals surface area contributed by atoms with Crippen LogP contribution in [0.3, 0.4) is 0 Å². The predicted molar refractivity (Wildman–Crippen MR) is 75.0 cm³/mol. The quantitative estimate of drug-likeness (QED) is 0.923. The first-order valence-corrected chi connectivity index (χ1v) is 8.06. The average Bonchev–Trinajstić information content (AvgIpc) is 2.41. The van der Waals surface area contributed by atoms with Crippen LogP contribution in [0.4, 0.5) is 0 Å². The van der Waals surface area contributed by atoms with Crippen molar-refractivity contribution in [2.45, 2.75) is 31.6 Å². The van der Waals surface area contributed by atoms with Gasteiger partial charge in [-0.3, -0.25) is 4.79 Å². The standard InChI is InChI=1S/C14H19NO4S/c1-10-3-4-13(9-11(10)2)20(18,19)15-7-5-12(6-8-15)14(16)17/h3-4,9,12H,5-8H2,1-2H3,(H,16,17). The highest BCUT2D eigenvalue weighted by molar-refractivity contribution is 7.89. The van der Waals surface area contributed by atoms with Crippen molar-refractivity contribution >= 4 is 16.0 Å². The fourth-order valence-electron chi connectivity index (χ4n) is 2.37. The van der Waals surface area contributed by atoms with E-state index < -0.39 is 21.9 Å². The third-order valence-corrected chi connectivity index (χ3v) is 5.81. The van der Waals surface area contributed by atoms with Crippen molar-refractivity contribution < 1.29 is 18.3 Å². The van der Waals surface area contributed by atoms with Crippen molar-refractivity contribution in [3.8, 4) is 0 Å². The van der Waals surface area contributed by atoms with Crippen LogP contribution in [-0.4, -0.2) is 36.9 Å². The van der Waals surface area contributed by atoms with Gasteiger partial charge in [0.1, 0.15) is 0 Å². The van der Waals surface area contributed by atoms with Gasteiger partial charge >= 0.3 is 5.97 Å². The largest absolute Gasteiger partial charge is 0.481 e. The maximum atomic E-state index is 12.5. The molecule has 6 heteroatoms. The number of rotatable bonds is 3. The van der Waals surface area contributed by atoms with E-state index in [9.17, 15) is 13.2 Å². The lowest BCUT2D eigenvalue weighted by Crippen LogP contribution is -2.40. The fraction of sp³-hybridized carbons (Fsp3) is 0.500. The zero-order valence-electron chi connectivity index (χ0n) is 11.7. The van der Waals surface area contributed by atoms with Crippen molar-refractivity contribution in [2.75, 3.05) is 13.1 Å². The number of piperidine rings is 1. The number of benzene rings is 1. The third-order valence-electron chi connectivity index (χ3n) is 3.92. The van der Waals surface area contributed by atoms with E-state index in [1.807, 2.05) is 13.8 Å². The van der Waals surface area contributed by atoms with E-state index in [0.717, 1.165) is 11.1 Å². The minimum Gasteiger partial charge on any atom is -0.481 e. The molecule has 0 saturated carbocycles. The molecule has 0 bridgehead atoms. The normalized spacial score (nSPS) is 18.1. The van der Waals surface area contributed by atoms with Gasteiger partial charge in [0.25, 0.3) is 0 Å². The van der Waals surface area contributed by atoms with Crippen LogP contribution in [0.2, 0.25) is 0 Å². The maximum Gasteiger partial charge on any atom is 0.306 e. The molecule has 0 radical (unpaired) electrons. The predicted octanol–water partition coefficient (Wildman–Crippen LogP) is 1.79. The van der Waals surface area contributed by atoms with E-state index in [1.165, 1.54) is 4.31 Å². The summed E-state index contributed by atoms with van der Waals surface area (Å²) in [5.41, 5.74) is 1.99. The molecular weight excluding hydrogens is 278 g/mol. The number of carboxylic acid groups (broad SMARTS) is 1. The molecule has 5 nitrogen and oxygen atoms in total. The topological polar surface area (TPSA) is 74.7 Å². The van der Waals surface area contributed by atoms with E-state index in [4.69, 9.17) is 5.11 Å². The Bertz CT molecular complexity index is 616. The summed E-state index contributed by atoms with van der Waals surface area (Å²) in [6, 6.07) is 5.08. The number of hydrogen-bond donors (Lipinski definition) is 1. The lowest BCUT2D eigenvalue weighted by molar-refractivity contribution is -0.142. The Morgan fingerprint density at radius 2 is 1.80 bits per heavy atom. The average molecular weight is 297 g/mol. The van der Waals surface area contributed by atoms with Crippen LogP contribution in [-0.2, 0) is 14.8 Å². The Kier molecular flexibility index (Phi) is 4.15. The Hall–Kier alpha value is -1.40. The molecule has 0 atom stereocenters. The third kappa shape index (κ3) is 2.86. The summed E-state index contributed by atoms with van der Waals surface area (Å²) < 4.78 is 26.4. The smallest absolute Gasteiger partial charge is 0.306 e. The Labute approximate surface area is 119 Å². The van der Waals surface area contributed by atoms with E-state index >= 15 is 0 Å². The highest BCUT2D eigenvalue weighted by Gasteiger charge is 2.31. The van der Waals surface area contributed by atoms with Gasteiger partial charge in [0.15, 0.2) is 0 Å². The molecule has 0 spiro atoms. The molecule has 0 amide bonds. The molecule has 1 N–H and O–H groups in total. The van der Waals surface area contributed by atoms with Gasteiger partial charge in [-0.25, -0.2) is 8.42 Å². The minimum atomic E-state index is -3.51. The molecule has 2 rings (SSSR count). The molecule has 1 fully saturated rings. The van der Waals surface area contributed by atoms with Crippen LogP contribution in [0.5, 0.6) is 0 Å². The number of nitrogens with zero attached hydrogens (tertiary/aromatic N) is 1. The summed E-state index contributed by atoms with van der Waals surface area (Å²) in [6.07, 6.45) is 0.749. The SMILES string of the molecule is Cc1ccc(S(=O)(=O)N2CCC(C(=O)O)CC2)cc1C. The van der Waals surface area contributed by atoms with Crippen molar-refractivity contribution in [3.05, 3.63) is 29.3 Å². The zero-order valence-corrected chi connectivity index (χ0v) is 12.5. The van der Waals surface area contributed by atoms with E-state index in [-0.39, 0.29) is 18.0 Å². The molecule has 0 aromatic heterocycles. The summed E-state index contributed by atoms with van der Waals surface area (Å²) in [5, 5.41) is 8.94. The van der Waals surface area contributed by atoms with E-state index in [2.05, 4.69) is 0 Å². The van der Waals surface area contributed by atoms with Crippen LogP contribution < -0.4 is 0 Å². The number of carbonyl (C=O) groups is 1. The van der Waals surface area contributed by atoms with Crippen LogP contribution >= 0.6 is 0 Å². The zero-order chi connectivity index (χ0) is 14.9. The number of hydrogen-bond acceptors (Lipinski definition) is 3. The van der Waals surface area contributed by atoms with Gasteiger partial charge in [0.05, 0.1) is 10.8 Å². The van der Waals surface area contributed by atoms with Crippen molar-refractivity contribution in [3.63, 3.8) is 0 Å². The van der Waals surface area contributed by atoms with Crippen molar-refractivity contribution in [1.82, 2.24) is 4.31 Å². The fourth-order valence-corrected chi connectivity index (χ4v) is 3.92. The monoisotopic (exact) mass is 297 g/mol. The second-order valence-corrected chi connectivity index (χ2v) is 7.20. The summed E-state index contributed by atoms with van der Waals surface area (Å²) in [5.74, 6) is -1.27. The molecular formula is C14H19NO4S. The van der Waals surface area contributed by atoms with Crippen molar-refractivity contribution in [1.29, 1.82) is 0 Å². The molecule has 1 saturated heterocycles. The highest BCUT2D eigenvalue weighted by atomic mass is 32.2. The van der Waals surface area contributed by atoms with Gasteiger partial charge in [-0.15, -0.1) is 0 Å². The second-order valence-electron chi connectivity index (χ2n) is 5.26. The van der Waals surface area contributed by atoms with E-state index in [1.54, 1.807) is 18.2 Å². The first-order valence-electron chi connectivity index (χ1n) is 6.62. The maximum absolute atomic E-state index is 12.5. The Morgan fingerprint density at radius 1 is 1.20 bits per heavy atom. The number of carboxylic acids is 1. The first kappa shape index (κ1) is 15.0. The molecule has 0 unspecified atom stereocenters. The van der Waals surface area contributed by atoms with Crippen molar-refractivity contribution in [2.24, 2.45) is 5.92 Å². The minimum absolute atomic E-state index is 0.270. The summed E-state index contributed by atoms with van der Waals surface area (Å²) >= 11 is 0. The van der Waals surface area contributed by atoms with Gasteiger partial charge in [-0.05, 0) is 49.9 Å². The van der Waals surface area contributed by atoms with Gasteiger partial charge in [-0.2, -0.15) is 4.31 Å². The number of aliphatic carboxylic acids is 1. The van der Waals surface area contributed by atoms with Crippen LogP contribution in [0, 0.1) is 19.8 Å².